The number of morpholine rings is 1. The molecular weight excluding hydrogens is 396 g/mol. The van der Waals surface area contributed by atoms with Crippen LogP contribution in [0.15, 0.2) is 42.6 Å². The van der Waals surface area contributed by atoms with Gasteiger partial charge in [0.25, 0.3) is 5.91 Å². The number of anilines is 2. The first-order valence-electron chi connectivity index (χ1n) is 8.93. The summed E-state index contributed by atoms with van der Waals surface area (Å²) in [4.78, 5) is 24.7. The number of hydrogen-bond donors (Lipinski definition) is 1. The van der Waals surface area contributed by atoms with Crippen molar-refractivity contribution in [1.29, 1.82) is 0 Å². The van der Waals surface area contributed by atoms with Crippen LogP contribution in [-0.4, -0.2) is 42.2 Å². The number of thiazole rings is 1. The Balaban J connectivity index is 1.46. The van der Waals surface area contributed by atoms with Crippen LogP contribution in [0.1, 0.15) is 15.2 Å². The number of carbonyl (C=O) groups excluding carboxylic acids is 1. The molecule has 0 radical (unpaired) electrons. The van der Waals surface area contributed by atoms with Crippen molar-refractivity contribution in [2.24, 2.45) is 0 Å². The zero-order valence-corrected chi connectivity index (χ0v) is 16.9. The minimum atomic E-state index is -0.225. The third-order valence-electron chi connectivity index (χ3n) is 4.48. The highest BCUT2D eigenvalue weighted by molar-refractivity contribution is 7.16. The summed E-state index contributed by atoms with van der Waals surface area (Å²) in [6, 6.07) is 11.2. The van der Waals surface area contributed by atoms with Crippen LogP contribution in [0.3, 0.4) is 0 Å². The Morgan fingerprint density at radius 3 is 2.61 bits per heavy atom. The maximum Gasteiger partial charge on any atom is 0.259 e. The Labute approximate surface area is 172 Å². The van der Waals surface area contributed by atoms with E-state index in [0.29, 0.717) is 28.9 Å². The molecule has 3 aromatic rings. The van der Waals surface area contributed by atoms with Crippen LogP contribution in [0.4, 0.5) is 10.9 Å². The lowest BCUT2D eigenvalue weighted by Gasteiger charge is -2.27. The molecular formula is C20H19ClN4O2S. The van der Waals surface area contributed by atoms with Crippen molar-refractivity contribution in [2.75, 3.05) is 36.5 Å². The molecule has 1 aromatic carbocycles. The van der Waals surface area contributed by atoms with Crippen molar-refractivity contribution < 1.29 is 9.53 Å². The lowest BCUT2D eigenvalue weighted by molar-refractivity contribution is 0.102. The van der Waals surface area contributed by atoms with Gasteiger partial charge in [0.1, 0.15) is 5.82 Å². The van der Waals surface area contributed by atoms with Crippen LogP contribution in [0.2, 0.25) is 5.02 Å². The Kier molecular flexibility index (Phi) is 5.57. The molecule has 3 heterocycles. The first-order chi connectivity index (χ1) is 13.6. The molecule has 0 spiro atoms. The number of carbonyl (C=O) groups is 1. The number of amides is 1. The lowest BCUT2D eigenvalue weighted by Crippen LogP contribution is -2.36. The van der Waals surface area contributed by atoms with Gasteiger partial charge < -0.3 is 9.64 Å². The summed E-state index contributed by atoms with van der Waals surface area (Å²) < 4.78 is 5.35. The van der Waals surface area contributed by atoms with Crippen LogP contribution in [0.5, 0.6) is 0 Å². The number of hydrogen-bond acceptors (Lipinski definition) is 6. The molecule has 1 N–H and O–H groups in total. The molecule has 0 bridgehead atoms. The fourth-order valence-corrected chi connectivity index (χ4v) is 3.95. The van der Waals surface area contributed by atoms with Crippen LogP contribution >= 0.6 is 22.9 Å². The molecule has 4 rings (SSSR count). The number of halogens is 1. The molecule has 0 aliphatic carbocycles. The van der Waals surface area contributed by atoms with Gasteiger partial charge in [0.05, 0.1) is 24.5 Å². The van der Waals surface area contributed by atoms with Gasteiger partial charge in [-0.05, 0) is 31.2 Å². The average Bonchev–Trinajstić information content (AvgIpc) is 3.09. The molecule has 1 fully saturated rings. The Bertz CT molecular complexity index is 967. The predicted octanol–water partition coefficient (Wildman–Crippen LogP) is 4.26. The summed E-state index contributed by atoms with van der Waals surface area (Å²) in [5.74, 6) is 0.632. The van der Waals surface area contributed by atoms with Gasteiger partial charge >= 0.3 is 0 Å². The molecule has 0 unspecified atom stereocenters. The maximum atomic E-state index is 12.6. The van der Waals surface area contributed by atoms with Crippen molar-refractivity contribution in [2.45, 2.75) is 6.92 Å². The van der Waals surface area contributed by atoms with Crippen molar-refractivity contribution >= 4 is 39.8 Å². The summed E-state index contributed by atoms with van der Waals surface area (Å²) in [5, 5.41) is 4.11. The third-order valence-corrected chi connectivity index (χ3v) is 5.62. The Morgan fingerprint density at radius 1 is 1.18 bits per heavy atom. The highest BCUT2D eigenvalue weighted by atomic mass is 35.5. The van der Waals surface area contributed by atoms with Gasteiger partial charge in [0.15, 0.2) is 5.13 Å². The quantitative estimate of drug-likeness (QED) is 0.691. The van der Waals surface area contributed by atoms with Gasteiger partial charge in [-0.25, -0.2) is 9.97 Å². The number of aryl methyl sites for hydroxylation is 1. The minimum Gasteiger partial charge on any atom is -0.378 e. The van der Waals surface area contributed by atoms with E-state index in [1.54, 1.807) is 12.3 Å². The van der Waals surface area contributed by atoms with Crippen molar-refractivity contribution in [3.63, 3.8) is 0 Å². The molecule has 0 atom stereocenters. The van der Waals surface area contributed by atoms with E-state index in [0.717, 1.165) is 35.0 Å². The van der Waals surface area contributed by atoms with Crippen LogP contribution in [0, 0.1) is 6.92 Å². The number of rotatable bonds is 4. The van der Waals surface area contributed by atoms with Crippen LogP contribution in [-0.2, 0) is 4.74 Å². The Hall–Kier alpha value is -2.48. The zero-order chi connectivity index (χ0) is 19.5. The third kappa shape index (κ3) is 4.16. The van der Waals surface area contributed by atoms with Gasteiger partial charge in [0, 0.05) is 34.7 Å². The monoisotopic (exact) mass is 414 g/mol. The summed E-state index contributed by atoms with van der Waals surface area (Å²) >= 11 is 7.40. The molecule has 28 heavy (non-hydrogen) atoms. The average molecular weight is 415 g/mol. The van der Waals surface area contributed by atoms with Gasteiger partial charge in [-0.1, -0.05) is 23.7 Å². The summed E-state index contributed by atoms with van der Waals surface area (Å²) in [6.45, 7) is 5.00. The molecule has 8 heteroatoms. The number of benzene rings is 1. The van der Waals surface area contributed by atoms with E-state index in [2.05, 4.69) is 20.2 Å². The fraction of sp³-hybridized carbons (Fsp3) is 0.250. The van der Waals surface area contributed by atoms with E-state index >= 15 is 0 Å². The normalized spacial score (nSPS) is 14.1. The second-order valence-electron chi connectivity index (χ2n) is 6.39. The molecule has 144 valence electrons. The Morgan fingerprint density at radius 2 is 1.93 bits per heavy atom. The smallest absolute Gasteiger partial charge is 0.259 e. The van der Waals surface area contributed by atoms with E-state index in [4.69, 9.17) is 16.3 Å². The molecule has 1 saturated heterocycles. The van der Waals surface area contributed by atoms with Gasteiger partial charge in [-0.15, -0.1) is 11.3 Å². The second-order valence-corrected chi connectivity index (χ2v) is 8.03. The second kappa shape index (κ2) is 8.26. The number of ether oxygens (including phenoxy) is 1. The highest BCUT2D eigenvalue weighted by Gasteiger charge is 2.15. The maximum absolute atomic E-state index is 12.6. The van der Waals surface area contributed by atoms with Crippen molar-refractivity contribution in [3.8, 4) is 11.3 Å². The van der Waals surface area contributed by atoms with Crippen LogP contribution < -0.4 is 10.2 Å². The SMILES string of the molecule is Cc1sc(NC(=O)c2ccc(N3CCOCC3)nc2)nc1-c1ccc(Cl)cc1. The standard InChI is InChI=1S/C20H19ClN4O2S/c1-13-18(14-2-5-16(21)6-3-14)23-20(28-13)24-19(26)15-4-7-17(22-12-15)25-8-10-27-11-9-25/h2-7,12H,8-11H2,1H3,(H,23,24,26). The van der Waals surface area contributed by atoms with E-state index in [1.165, 1.54) is 11.3 Å². The minimum absolute atomic E-state index is 0.225. The van der Waals surface area contributed by atoms with Crippen LogP contribution in [0.25, 0.3) is 11.3 Å². The van der Waals surface area contributed by atoms with Gasteiger partial charge in [-0.2, -0.15) is 0 Å². The summed E-state index contributed by atoms with van der Waals surface area (Å²) in [5.41, 5.74) is 2.31. The van der Waals surface area contributed by atoms with E-state index in [-0.39, 0.29) is 5.91 Å². The largest absolute Gasteiger partial charge is 0.378 e. The first kappa shape index (κ1) is 18.9. The summed E-state index contributed by atoms with van der Waals surface area (Å²) in [7, 11) is 0. The zero-order valence-electron chi connectivity index (χ0n) is 15.3. The number of nitrogens with one attached hydrogen (secondary N) is 1. The number of pyridine rings is 1. The van der Waals surface area contributed by atoms with E-state index < -0.39 is 0 Å². The predicted molar refractivity (Wildman–Crippen MR) is 113 cm³/mol. The molecule has 6 nitrogen and oxygen atoms in total. The van der Waals surface area contributed by atoms with E-state index in [1.807, 2.05) is 37.3 Å². The summed E-state index contributed by atoms with van der Waals surface area (Å²) in [6.07, 6.45) is 1.60. The molecule has 1 amide bonds. The first-order valence-corrected chi connectivity index (χ1v) is 10.1. The van der Waals surface area contributed by atoms with Gasteiger partial charge in [-0.3, -0.25) is 10.1 Å². The highest BCUT2D eigenvalue weighted by Crippen LogP contribution is 2.31. The number of nitrogens with zero attached hydrogens (tertiary/aromatic N) is 3. The topological polar surface area (TPSA) is 67.4 Å². The molecule has 1 aliphatic rings. The molecule has 2 aromatic heterocycles. The van der Waals surface area contributed by atoms with E-state index in [9.17, 15) is 4.79 Å². The number of aromatic nitrogens is 2. The lowest BCUT2D eigenvalue weighted by atomic mass is 10.1. The molecule has 0 saturated carbocycles. The van der Waals surface area contributed by atoms with Crippen molar-refractivity contribution in [1.82, 2.24) is 9.97 Å². The van der Waals surface area contributed by atoms with Gasteiger partial charge in [0.2, 0.25) is 0 Å². The fourth-order valence-electron chi connectivity index (χ4n) is 2.99. The van der Waals surface area contributed by atoms with Crippen molar-refractivity contribution in [3.05, 3.63) is 58.1 Å². The molecule has 1 aliphatic heterocycles.